The van der Waals surface area contributed by atoms with Gasteiger partial charge in [-0.25, -0.2) is 0 Å². The maximum absolute atomic E-state index is 9.38. The SMILES string of the molecule is C=CCn1c(C)nnc1S[C@H](C#N)Cc1ccc(C)cc1. The summed E-state index contributed by atoms with van der Waals surface area (Å²) in [5, 5.41) is 18.2. The van der Waals surface area contributed by atoms with Crippen LogP contribution in [-0.2, 0) is 13.0 Å². The number of hydrogen-bond donors (Lipinski definition) is 0. The summed E-state index contributed by atoms with van der Waals surface area (Å²) >= 11 is 1.46. The molecule has 21 heavy (non-hydrogen) atoms. The number of allylic oxidation sites excluding steroid dienone is 1. The fourth-order valence-corrected chi connectivity index (χ4v) is 2.97. The van der Waals surface area contributed by atoms with Gasteiger partial charge in [-0.3, -0.25) is 0 Å². The van der Waals surface area contributed by atoms with Gasteiger partial charge in [0.05, 0.1) is 6.07 Å². The highest BCUT2D eigenvalue weighted by Crippen LogP contribution is 2.25. The zero-order valence-electron chi connectivity index (χ0n) is 12.3. The van der Waals surface area contributed by atoms with Gasteiger partial charge >= 0.3 is 0 Å². The van der Waals surface area contributed by atoms with Gasteiger partial charge in [0, 0.05) is 6.54 Å². The minimum absolute atomic E-state index is 0.181. The van der Waals surface area contributed by atoms with Crippen molar-refractivity contribution >= 4 is 11.8 Å². The number of nitrogens with zero attached hydrogens (tertiary/aromatic N) is 4. The van der Waals surface area contributed by atoms with Crippen molar-refractivity contribution in [1.82, 2.24) is 14.8 Å². The van der Waals surface area contributed by atoms with Crippen LogP contribution >= 0.6 is 11.8 Å². The summed E-state index contributed by atoms with van der Waals surface area (Å²) in [5.41, 5.74) is 2.38. The van der Waals surface area contributed by atoms with Crippen molar-refractivity contribution in [1.29, 1.82) is 5.26 Å². The molecule has 5 heteroatoms. The summed E-state index contributed by atoms with van der Waals surface area (Å²) in [6.07, 6.45) is 2.50. The molecule has 1 atom stereocenters. The molecule has 0 radical (unpaired) electrons. The summed E-state index contributed by atoms with van der Waals surface area (Å²) in [5.74, 6) is 0.837. The third-order valence-corrected chi connectivity index (χ3v) is 4.22. The minimum atomic E-state index is -0.181. The lowest BCUT2D eigenvalue weighted by atomic mass is 10.1. The summed E-state index contributed by atoms with van der Waals surface area (Å²) in [7, 11) is 0. The fourth-order valence-electron chi connectivity index (χ4n) is 1.97. The van der Waals surface area contributed by atoms with Crippen LogP contribution in [0, 0.1) is 25.2 Å². The van der Waals surface area contributed by atoms with Crippen LogP contribution in [-0.4, -0.2) is 20.0 Å². The standard InChI is InChI=1S/C16H18N4S/c1-4-9-20-13(3)18-19-16(20)21-15(11-17)10-14-7-5-12(2)6-8-14/h4-8,15H,1,9-10H2,2-3H3/t15-/m0/s1. The van der Waals surface area contributed by atoms with Crippen molar-refractivity contribution in [2.45, 2.75) is 37.2 Å². The molecule has 4 nitrogen and oxygen atoms in total. The smallest absolute Gasteiger partial charge is 0.192 e. The molecule has 0 spiro atoms. The minimum Gasteiger partial charge on any atom is -0.302 e. The lowest BCUT2D eigenvalue weighted by molar-refractivity contribution is 0.702. The van der Waals surface area contributed by atoms with E-state index in [1.54, 1.807) is 0 Å². The van der Waals surface area contributed by atoms with Crippen molar-refractivity contribution in [2.75, 3.05) is 0 Å². The highest BCUT2D eigenvalue weighted by Gasteiger charge is 2.16. The molecular formula is C16H18N4S. The van der Waals surface area contributed by atoms with Crippen LogP contribution in [0.2, 0.25) is 0 Å². The Morgan fingerprint density at radius 1 is 1.33 bits per heavy atom. The predicted molar refractivity (Wildman–Crippen MR) is 85.1 cm³/mol. The first-order valence-electron chi connectivity index (χ1n) is 6.76. The van der Waals surface area contributed by atoms with E-state index in [0.29, 0.717) is 13.0 Å². The second kappa shape index (κ2) is 7.09. The van der Waals surface area contributed by atoms with E-state index in [2.05, 4.69) is 54.0 Å². The van der Waals surface area contributed by atoms with E-state index in [0.717, 1.165) is 16.5 Å². The lowest BCUT2D eigenvalue weighted by Crippen LogP contribution is -2.07. The number of thioether (sulfide) groups is 1. The van der Waals surface area contributed by atoms with E-state index in [4.69, 9.17) is 0 Å². The summed E-state index contributed by atoms with van der Waals surface area (Å²) in [4.78, 5) is 0. The van der Waals surface area contributed by atoms with Crippen LogP contribution in [0.3, 0.4) is 0 Å². The van der Waals surface area contributed by atoms with Crippen molar-refractivity contribution < 1.29 is 0 Å². The monoisotopic (exact) mass is 298 g/mol. The van der Waals surface area contributed by atoms with Crippen LogP contribution in [0.4, 0.5) is 0 Å². The highest BCUT2D eigenvalue weighted by atomic mass is 32.2. The maximum atomic E-state index is 9.38. The second-order valence-corrected chi connectivity index (χ2v) is 6.02. The van der Waals surface area contributed by atoms with Gasteiger partial charge < -0.3 is 4.57 Å². The molecule has 0 unspecified atom stereocenters. The van der Waals surface area contributed by atoms with E-state index in [1.165, 1.54) is 17.3 Å². The quantitative estimate of drug-likeness (QED) is 0.606. The first-order valence-corrected chi connectivity index (χ1v) is 7.64. The molecule has 0 saturated heterocycles. The zero-order chi connectivity index (χ0) is 15.2. The van der Waals surface area contributed by atoms with Crippen molar-refractivity contribution in [2.24, 2.45) is 0 Å². The Morgan fingerprint density at radius 3 is 2.67 bits per heavy atom. The number of aryl methyl sites for hydroxylation is 2. The van der Waals surface area contributed by atoms with Crippen LogP contribution in [0.5, 0.6) is 0 Å². The van der Waals surface area contributed by atoms with Gasteiger partial charge in [0.15, 0.2) is 5.16 Å². The van der Waals surface area contributed by atoms with Crippen LogP contribution in [0.1, 0.15) is 17.0 Å². The van der Waals surface area contributed by atoms with E-state index >= 15 is 0 Å². The molecule has 0 aliphatic rings. The summed E-state index contributed by atoms with van der Waals surface area (Å²) in [6, 6.07) is 10.6. The molecule has 2 rings (SSSR count). The zero-order valence-corrected chi connectivity index (χ0v) is 13.1. The molecule has 0 bridgehead atoms. The second-order valence-electron chi connectivity index (χ2n) is 4.85. The Kier molecular flexibility index (Phi) is 5.18. The molecule has 0 aliphatic carbocycles. The number of aromatic nitrogens is 3. The number of nitriles is 1. The molecule has 0 aliphatic heterocycles. The molecule has 0 saturated carbocycles. The van der Waals surface area contributed by atoms with E-state index in [-0.39, 0.29) is 5.25 Å². The Hall–Kier alpha value is -2.06. The molecule has 0 fully saturated rings. The molecule has 0 amide bonds. The molecule has 1 aromatic carbocycles. The van der Waals surface area contributed by atoms with Gasteiger partial charge in [0.1, 0.15) is 11.1 Å². The third-order valence-electron chi connectivity index (χ3n) is 3.15. The van der Waals surface area contributed by atoms with E-state index in [1.807, 2.05) is 17.6 Å². The van der Waals surface area contributed by atoms with Gasteiger partial charge in [-0.2, -0.15) is 5.26 Å². The molecular weight excluding hydrogens is 280 g/mol. The Labute approximate surface area is 129 Å². The van der Waals surface area contributed by atoms with Crippen LogP contribution in [0.15, 0.2) is 42.1 Å². The molecule has 0 N–H and O–H groups in total. The molecule has 1 heterocycles. The van der Waals surface area contributed by atoms with Crippen molar-refractivity contribution in [3.63, 3.8) is 0 Å². The number of rotatable bonds is 6. The predicted octanol–water partition coefficient (Wildman–Crippen LogP) is 3.31. The van der Waals surface area contributed by atoms with E-state index < -0.39 is 0 Å². The Balaban J connectivity index is 2.11. The maximum Gasteiger partial charge on any atom is 0.192 e. The fraction of sp³-hybridized carbons (Fsp3) is 0.312. The van der Waals surface area contributed by atoms with Gasteiger partial charge in [0.25, 0.3) is 0 Å². The number of hydrogen-bond acceptors (Lipinski definition) is 4. The first-order chi connectivity index (χ1) is 10.1. The molecule has 1 aromatic heterocycles. The average Bonchev–Trinajstić information content (AvgIpc) is 2.82. The largest absolute Gasteiger partial charge is 0.302 e. The topological polar surface area (TPSA) is 54.5 Å². The van der Waals surface area contributed by atoms with E-state index in [9.17, 15) is 5.26 Å². The van der Waals surface area contributed by atoms with Gasteiger partial charge in [0.2, 0.25) is 0 Å². The van der Waals surface area contributed by atoms with Crippen LogP contribution < -0.4 is 0 Å². The first kappa shape index (κ1) is 15.3. The average molecular weight is 298 g/mol. The van der Waals surface area contributed by atoms with Crippen molar-refractivity contribution in [3.8, 4) is 6.07 Å². The van der Waals surface area contributed by atoms with Crippen molar-refractivity contribution in [3.05, 3.63) is 53.9 Å². The van der Waals surface area contributed by atoms with Gasteiger partial charge in [-0.05, 0) is 25.8 Å². The van der Waals surface area contributed by atoms with Crippen LogP contribution in [0.25, 0.3) is 0 Å². The number of benzene rings is 1. The summed E-state index contributed by atoms with van der Waals surface area (Å²) < 4.78 is 1.97. The lowest BCUT2D eigenvalue weighted by Gasteiger charge is -2.10. The Morgan fingerprint density at radius 2 is 2.05 bits per heavy atom. The summed E-state index contributed by atoms with van der Waals surface area (Å²) in [6.45, 7) is 8.36. The van der Waals surface area contributed by atoms with Gasteiger partial charge in [-0.15, -0.1) is 16.8 Å². The molecule has 2 aromatic rings. The third kappa shape index (κ3) is 3.96. The van der Waals surface area contributed by atoms with Gasteiger partial charge in [-0.1, -0.05) is 47.7 Å². The Bertz CT molecular complexity index is 652. The normalized spacial score (nSPS) is 11.9. The molecule has 108 valence electrons. The highest BCUT2D eigenvalue weighted by molar-refractivity contribution is 8.00.